The number of allylic oxidation sites excluding steroid dienone is 2. The molecule has 0 bridgehead atoms. The van der Waals surface area contributed by atoms with Crippen molar-refractivity contribution < 1.29 is 24.2 Å². The Balaban J connectivity index is 1.61. The third-order valence-electron chi connectivity index (χ3n) is 7.51. The van der Waals surface area contributed by atoms with E-state index in [1.807, 2.05) is 36.6 Å². The summed E-state index contributed by atoms with van der Waals surface area (Å²) in [6.07, 6.45) is 1.06. The summed E-state index contributed by atoms with van der Waals surface area (Å²) >= 11 is 1.65. The lowest BCUT2D eigenvalue weighted by atomic mass is 9.73. The molecular weight excluding hydrogens is 514 g/mol. The van der Waals surface area contributed by atoms with Crippen molar-refractivity contribution in [3.05, 3.63) is 98.5 Å². The van der Waals surface area contributed by atoms with Gasteiger partial charge in [0.05, 0.1) is 31.2 Å². The number of para-hydroxylation sites is 2. The summed E-state index contributed by atoms with van der Waals surface area (Å²) in [4.78, 5) is 27.2. The predicted molar refractivity (Wildman–Crippen MR) is 149 cm³/mol. The lowest BCUT2D eigenvalue weighted by Crippen LogP contribution is -2.30. The number of carboxylic acids is 1. The minimum atomic E-state index is -1.04. The minimum Gasteiger partial charge on any atom is -0.493 e. The molecule has 39 heavy (non-hydrogen) atoms. The fraction of sp³-hybridized carbons (Fsp3) is 0.233. The van der Waals surface area contributed by atoms with E-state index in [9.17, 15) is 14.7 Å². The fourth-order valence-electron chi connectivity index (χ4n) is 5.87. The molecule has 0 radical (unpaired) electrons. The third kappa shape index (κ3) is 4.01. The highest BCUT2D eigenvalue weighted by Gasteiger charge is 2.43. The van der Waals surface area contributed by atoms with E-state index in [1.54, 1.807) is 54.5 Å². The number of hydrogen-bond acceptors (Lipinski definition) is 7. The second kappa shape index (κ2) is 9.74. The molecule has 0 fully saturated rings. The molecule has 0 saturated carbocycles. The van der Waals surface area contributed by atoms with Gasteiger partial charge >= 0.3 is 5.97 Å². The standard InChI is InChI=1S/C30H27N3O5S/c1-16-25-26(19-9-6-11-23(37-2)28(19)38-3)27-20(14-17(15-22(27)34)24-12-7-13-39-24)31-29(25)33(32-16)21-10-5-4-8-18(21)30(35)36/h4-13,17,26,31H,14-15H2,1-3H3,(H,35,36). The molecule has 8 nitrogen and oxygen atoms in total. The second-order valence-electron chi connectivity index (χ2n) is 9.66. The van der Waals surface area contributed by atoms with Crippen LogP contribution < -0.4 is 14.8 Å². The normalized spacial score (nSPS) is 18.3. The number of methoxy groups -OCH3 is 2. The molecule has 4 aromatic rings. The molecule has 2 atom stereocenters. The van der Waals surface area contributed by atoms with Gasteiger partial charge in [0.25, 0.3) is 0 Å². The number of ketones is 1. The summed E-state index contributed by atoms with van der Waals surface area (Å²) in [6, 6.07) is 16.5. The summed E-state index contributed by atoms with van der Waals surface area (Å²) in [5, 5.41) is 20.3. The first-order valence-corrected chi connectivity index (χ1v) is 13.5. The van der Waals surface area contributed by atoms with Crippen molar-refractivity contribution in [2.45, 2.75) is 31.6 Å². The number of carboxylic acid groups (broad SMARTS) is 1. The number of aryl methyl sites for hydroxylation is 1. The number of hydrogen-bond donors (Lipinski definition) is 2. The van der Waals surface area contributed by atoms with Crippen molar-refractivity contribution in [1.29, 1.82) is 0 Å². The lowest BCUT2D eigenvalue weighted by molar-refractivity contribution is -0.116. The molecule has 9 heteroatoms. The number of ether oxygens (including phenoxy) is 2. The van der Waals surface area contributed by atoms with Gasteiger partial charge < -0.3 is 19.9 Å². The van der Waals surface area contributed by atoms with Gasteiger partial charge in [-0.1, -0.05) is 30.3 Å². The summed E-state index contributed by atoms with van der Waals surface area (Å²) in [7, 11) is 3.18. The first-order chi connectivity index (χ1) is 18.9. The number of aromatic carboxylic acids is 1. The Morgan fingerprint density at radius 3 is 2.62 bits per heavy atom. The van der Waals surface area contributed by atoms with E-state index in [0.717, 1.165) is 16.8 Å². The molecule has 2 aromatic carbocycles. The number of carbonyl (C=O) groups is 2. The highest BCUT2D eigenvalue weighted by atomic mass is 32.1. The molecule has 2 unspecified atom stereocenters. The summed E-state index contributed by atoms with van der Waals surface area (Å²) < 4.78 is 13.1. The van der Waals surface area contributed by atoms with Crippen LogP contribution in [0.4, 0.5) is 5.82 Å². The topological polar surface area (TPSA) is 103 Å². The number of benzene rings is 2. The number of aromatic nitrogens is 2. The van der Waals surface area contributed by atoms with Crippen molar-refractivity contribution in [3.63, 3.8) is 0 Å². The van der Waals surface area contributed by atoms with Gasteiger partial charge in [0.1, 0.15) is 5.82 Å². The summed E-state index contributed by atoms with van der Waals surface area (Å²) in [5.74, 6) is 0.384. The van der Waals surface area contributed by atoms with Gasteiger partial charge in [-0.3, -0.25) is 4.79 Å². The van der Waals surface area contributed by atoms with Gasteiger partial charge in [-0.2, -0.15) is 5.10 Å². The van der Waals surface area contributed by atoms with Crippen molar-refractivity contribution in [3.8, 4) is 17.2 Å². The van der Waals surface area contributed by atoms with Gasteiger partial charge in [0.15, 0.2) is 17.3 Å². The second-order valence-corrected chi connectivity index (χ2v) is 10.6. The molecule has 2 aromatic heterocycles. The van der Waals surface area contributed by atoms with Crippen LogP contribution >= 0.6 is 11.3 Å². The summed E-state index contributed by atoms with van der Waals surface area (Å²) in [5.41, 5.74) is 4.38. The molecule has 1 aliphatic heterocycles. The number of Topliss-reactive ketones (excluding diaryl/α,β-unsaturated/α-hetero) is 1. The van der Waals surface area contributed by atoms with E-state index in [2.05, 4.69) is 11.4 Å². The fourth-order valence-corrected chi connectivity index (χ4v) is 6.70. The van der Waals surface area contributed by atoms with Crippen LogP contribution in [0.2, 0.25) is 0 Å². The SMILES string of the molecule is COc1cccc(C2C3=C(CC(c4cccs4)CC3=O)Nc3c2c(C)nn3-c2ccccc2C(=O)O)c1OC. The molecule has 0 amide bonds. The van der Waals surface area contributed by atoms with Crippen molar-refractivity contribution in [1.82, 2.24) is 9.78 Å². The van der Waals surface area contributed by atoms with Gasteiger partial charge in [0.2, 0.25) is 0 Å². The van der Waals surface area contributed by atoms with Crippen molar-refractivity contribution >= 4 is 28.9 Å². The Hall–Kier alpha value is -4.37. The largest absolute Gasteiger partial charge is 0.493 e. The molecule has 2 aliphatic rings. The van der Waals surface area contributed by atoms with Crippen LogP contribution in [0.5, 0.6) is 11.5 Å². The zero-order chi connectivity index (χ0) is 27.3. The zero-order valence-electron chi connectivity index (χ0n) is 21.7. The van der Waals surface area contributed by atoms with E-state index in [0.29, 0.717) is 47.1 Å². The first kappa shape index (κ1) is 24.9. The number of fused-ring (bicyclic) bond motifs is 1. The Labute approximate surface area is 229 Å². The van der Waals surface area contributed by atoms with Crippen LogP contribution in [0.25, 0.3) is 5.69 Å². The molecule has 2 N–H and O–H groups in total. The molecule has 198 valence electrons. The third-order valence-corrected chi connectivity index (χ3v) is 8.55. The van der Waals surface area contributed by atoms with Crippen LogP contribution in [-0.2, 0) is 4.79 Å². The lowest BCUT2D eigenvalue weighted by Gasteiger charge is -2.36. The highest BCUT2D eigenvalue weighted by molar-refractivity contribution is 7.10. The maximum Gasteiger partial charge on any atom is 0.337 e. The van der Waals surface area contributed by atoms with Gasteiger partial charge in [-0.15, -0.1) is 11.3 Å². The van der Waals surface area contributed by atoms with E-state index >= 15 is 0 Å². The van der Waals surface area contributed by atoms with E-state index in [4.69, 9.17) is 14.6 Å². The smallest absolute Gasteiger partial charge is 0.337 e. The Morgan fingerprint density at radius 1 is 1.08 bits per heavy atom. The van der Waals surface area contributed by atoms with Crippen LogP contribution in [0.3, 0.4) is 0 Å². The average Bonchev–Trinajstić information content (AvgIpc) is 3.60. The first-order valence-electron chi connectivity index (χ1n) is 12.6. The van der Waals surface area contributed by atoms with Crippen molar-refractivity contribution in [2.75, 3.05) is 19.5 Å². The van der Waals surface area contributed by atoms with Crippen LogP contribution in [0.1, 0.15) is 56.7 Å². The number of rotatable bonds is 6. The van der Waals surface area contributed by atoms with Crippen LogP contribution in [-0.4, -0.2) is 40.9 Å². The van der Waals surface area contributed by atoms with E-state index in [1.165, 1.54) is 4.88 Å². The number of nitrogens with zero attached hydrogens (tertiary/aromatic N) is 2. The molecule has 3 heterocycles. The Bertz CT molecular complexity index is 1640. The highest BCUT2D eigenvalue weighted by Crippen LogP contribution is 2.52. The predicted octanol–water partition coefficient (Wildman–Crippen LogP) is 5.92. The summed E-state index contributed by atoms with van der Waals surface area (Å²) in [6.45, 7) is 1.88. The van der Waals surface area contributed by atoms with Crippen LogP contribution in [0.15, 0.2) is 71.2 Å². The molecule has 0 spiro atoms. The van der Waals surface area contributed by atoms with E-state index < -0.39 is 11.9 Å². The zero-order valence-corrected chi connectivity index (χ0v) is 22.5. The minimum absolute atomic E-state index is 0.0573. The van der Waals surface area contributed by atoms with Crippen LogP contribution in [0, 0.1) is 6.92 Å². The Morgan fingerprint density at radius 2 is 1.90 bits per heavy atom. The Kier molecular flexibility index (Phi) is 6.23. The maximum atomic E-state index is 13.9. The molecule has 0 saturated heterocycles. The maximum absolute atomic E-state index is 13.9. The van der Waals surface area contributed by atoms with Gasteiger partial charge in [-0.05, 0) is 43.0 Å². The quantitative estimate of drug-likeness (QED) is 0.313. The van der Waals surface area contributed by atoms with Gasteiger partial charge in [-0.25, -0.2) is 9.48 Å². The van der Waals surface area contributed by atoms with Crippen molar-refractivity contribution in [2.24, 2.45) is 0 Å². The number of nitrogens with one attached hydrogen (secondary N) is 1. The van der Waals surface area contributed by atoms with Gasteiger partial charge in [0, 0.05) is 45.5 Å². The molecular formula is C30H27N3O5S. The molecule has 1 aliphatic carbocycles. The number of anilines is 1. The average molecular weight is 542 g/mol. The number of thiophene rings is 1. The molecule has 6 rings (SSSR count). The number of carbonyl (C=O) groups excluding carboxylic acids is 1. The van der Waals surface area contributed by atoms with E-state index in [-0.39, 0.29) is 17.3 Å². The monoisotopic (exact) mass is 541 g/mol.